The predicted octanol–water partition coefficient (Wildman–Crippen LogP) is 6.16. The molecule has 0 atom stereocenters. The smallest absolute Gasteiger partial charge is 0.256 e. The standard InChI is InChI=1S/C24H17F3N4/c25-24(26,27)20-5-3-15(4-6-20)18-10-22(16-1-2-16)31-23(11-18)17-7-8-30-21(9-17)19-12-28-14-29-13-19/h3-14,16H,1-2H2. The number of nitrogens with zero attached hydrogens (tertiary/aromatic N) is 4. The van der Waals surface area contributed by atoms with E-state index in [1.54, 1.807) is 18.6 Å². The Morgan fingerprint density at radius 1 is 0.742 bits per heavy atom. The molecule has 1 aliphatic carbocycles. The van der Waals surface area contributed by atoms with E-state index >= 15 is 0 Å². The van der Waals surface area contributed by atoms with E-state index < -0.39 is 11.7 Å². The lowest BCUT2D eigenvalue weighted by atomic mass is 9.99. The average Bonchev–Trinajstić information content (AvgIpc) is 3.65. The highest BCUT2D eigenvalue weighted by Crippen LogP contribution is 2.41. The van der Waals surface area contributed by atoms with Crippen LogP contribution in [0.2, 0.25) is 0 Å². The third kappa shape index (κ3) is 4.17. The summed E-state index contributed by atoms with van der Waals surface area (Å²) in [4.78, 5) is 17.3. The van der Waals surface area contributed by atoms with Crippen LogP contribution in [0.1, 0.15) is 30.0 Å². The zero-order chi connectivity index (χ0) is 21.4. The molecule has 154 valence electrons. The van der Waals surface area contributed by atoms with Crippen LogP contribution in [0.5, 0.6) is 0 Å². The predicted molar refractivity (Wildman–Crippen MR) is 111 cm³/mol. The van der Waals surface area contributed by atoms with Crippen LogP contribution >= 0.6 is 0 Å². The second-order valence-electron chi connectivity index (χ2n) is 7.57. The molecule has 0 radical (unpaired) electrons. The maximum absolute atomic E-state index is 12.9. The summed E-state index contributed by atoms with van der Waals surface area (Å²) in [5.41, 5.74) is 5.06. The molecule has 1 saturated carbocycles. The lowest BCUT2D eigenvalue weighted by Gasteiger charge is -2.11. The van der Waals surface area contributed by atoms with Gasteiger partial charge in [-0.1, -0.05) is 12.1 Å². The minimum Gasteiger partial charge on any atom is -0.256 e. The Morgan fingerprint density at radius 2 is 1.45 bits per heavy atom. The van der Waals surface area contributed by atoms with Crippen molar-refractivity contribution in [1.82, 2.24) is 19.9 Å². The van der Waals surface area contributed by atoms with Crippen LogP contribution in [0.4, 0.5) is 13.2 Å². The quantitative estimate of drug-likeness (QED) is 0.398. The molecule has 7 heteroatoms. The van der Waals surface area contributed by atoms with Gasteiger partial charge >= 0.3 is 6.18 Å². The fourth-order valence-corrected chi connectivity index (χ4v) is 3.49. The largest absolute Gasteiger partial charge is 0.416 e. The van der Waals surface area contributed by atoms with Crippen LogP contribution in [0.3, 0.4) is 0 Å². The second kappa shape index (κ2) is 7.58. The second-order valence-corrected chi connectivity index (χ2v) is 7.57. The number of benzene rings is 1. The number of alkyl halides is 3. The molecule has 0 unspecified atom stereocenters. The van der Waals surface area contributed by atoms with E-state index in [0.29, 0.717) is 5.92 Å². The molecule has 0 amide bonds. The summed E-state index contributed by atoms with van der Waals surface area (Å²) in [6.45, 7) is 0. The normalized spacial score (nSPS) is 13.9. The van der Waals surface area contributed by atoms with Crippen molar-refractivity contribution in [3.63, 3.8) is 0 Å². The summed E-state index contributed by atoms with van der Waals surface area (Å²) >= 11 is 0. The topological polar surface area (TPSA) is 51.6 Å². The first-order valence-electron chi connectivity index (χ1n) is 9.89. The van der Waals surface area contributed by atoms with Crippen molar-refractivity contribution in [3.8, 4) is 33.6 Å². The van der Waals surface area contributed by atoms with Crippen molar-refractivity contribution in [2.24, 2.45) is 0 Å². The Balaban J connectivity index is 1.57. The van der Waals surface area contributed by atoms with E-state index in [4.69, 9.17) is 4.98 Å². The molecule has 3 aromatic heterocycles. The van der Waals surface area contributed by atoms with Gasteiger partial charge in [0.2, 0.25) is 0 Å². The van der Waals surface area contributed by atoms with Gasteiger partial charge in [0.05, 0.1) is 17.0 Å². The molecule has 5 rings (SSSR count). The van der Waals surface area contributed by atoms with Crippen LogP contribution in [-0.2, 0) is 6.18 Å². The number of halogens is 3. The monoisotopic (exact) mass is 418 g/mol. The first-order valence-corrected chi connectivity index (χ1v) is 9.89. The van der Waals surface area contributed by atoms with Crippen molar-refractivity contribution >= 4 is 0 Å². The van der Waals surface area contributed by atoms with Crippen molar-refractivity contribution in [2.45, 2.75) is 24.9 Å². The summed E-state index contributed by atoms with van der Waals surface area (Å²) in [5, 5.41) is 0. The highest BCUT2D eigenvalue weighted by Gasteiger charge is 2.30. The zero-order valence-electron chi connectivity index (χ0n) is 16.3. The fraction of sp³-hybridized carbons (Fsp3) is 0.167. The van der Waals surface area contributed by atoms with Crippen molar-refractivity contribution in [1.29, 1.82) is 0 Å². The van der Waals surface area contributed by atoms with Gasteiger partial charge in [0.25, 0.3) is 0 Å². The SMILES string of the molecule is FC(F)(F)c1ccc(-c2cc(-c3ccnc(-c4cncnc4)c3)nc(C3CC3)c2)cc1. The molecule has 0 saturated heterocycles. The maximum Gasteiger partial charge on any atom is 0.416 e. The molecule has 1 aliphatic rings. The molecule has 0 bridgehead atoms. The van der Waals surface area contributed by atoms with E-state index in [-0.39, 0.29) is 0 Å². The molecule has 31 heavy (non-hydrogen) atoms. The molecule has 1 fully saturated rings. The molecule has 4 nitrogen and oxygen atoms in total. The molecular weight excluding hydrogens is 401 g/mol. The van der Waals surface area contributed by atoms with E-state index in [2.05, 4.69) is 15.0 Å². The molecule has 0 N–H and O–H groups in total. The Morgan fingerprint density at radius 3 is 2.13 bits per heavy atom. The molecule has 4 aromatic rings. The molecule has 1 aromatic carbocycles. The van der Waals surface area contributed by atoms with Gasteiger partial charge in [-0.3, -0.25) is 9.97 Å². The van der Waals surface area contributed by atoms with Gasteiger partial charge < -0.3 is 0 Å². The van der Waals surface area contributed by atoms with E-state index in [9.17, 15) is 13.2 Å². The van der Waals surface area contributed by atoms with Crippen LogP contribution in [0.15, 0.2) is 73.4 Å². The van der Waals surface area contributed by atoms with E-state index in [1.807, 2.05) is 24.3 Å². The van der Waals surface area contributed by atoms with E-state index in [0.717, 1.165) is 64.3 Å². The van der Waals surface area contributed by atoms with Crippen LogP contribution in [0.25, 0.3) is 33.6 Å². The lowest BCUT2D eigenvalue weighted by Crippen LogP contribution is -2.04. The number of hydrogen-bond acceptors (Lipinski definition) is 4. The first-order chi connectivity index (χ1) is 15.0. The van der Waals surface area contributed by atoms with Gasteiger partial charge in [0.15, 0.2) is 0 Å². The van der Waals surface area contributed by atoms with Crippen molar-refractivity contribution in [2.75, 3.05) is 0 Å². The van der Waals surface area contributed by atoms with Gasteiger partial charge in [-0.15, -0.1) is 0 Å². The lowest BCUT2D eigenvalue weighted by molar-refractivity contribution is -0.137. The minimum atomic E-state index is -4.35. The van der Waals surface area contributed by atoms with Crippen molar-refractivity contribution < 1.29 is 13.2 Å². The third-order valence-corrected chi connectivity index (χ3v) is 5.30. The fourth-order valence-electron chi connectivity index (χ4n) is 3.49. The Bertz CT molecular complexity index is 1220. The summed E-state index contributed by atoms with van der Waals surface area (Å²) < 4.78 is 38.8. The van der Waals surface area contributed by atoms with Gasteiger partial charge in [-0.2, -0.15) is 13.2 Å². The summed E-state index contributed by atoms with van der Waals surface area (Å²) in [6.07, 6.45) is 4.36. The van der Waals surface area contributed by atoms with E-state index in [1.165, 1.54) is 18.5 Å². The van der Waals surface area contributed by atoms with Gasteiger partial charge in [0.1, 0.15) is 6.33 Å². The number of pyridine rings is 2. The highest BCUT2D eigenvalue weighted by atomic mass is 19.4. The van der Waals surface area contributed by atoms with Crippen LogP contribution < -0.4 is 0 Å². The Kier molecular flexibility index (Phi) is 4.73. The number of hydrogen-bond donors (Lipinski definition) is 0. The van der Waals surface area contributed by atoms with Gasteiger partial charge in [0, 0.05) is 41.3 Å². The zero-order valence-corrected chi connectivity index (χ0v) is 16.3. The minimum absolute atomic E-state index is 0.400. The highest BCUT2D eigenvalue weighted by molar-refractivity contribution is 5.73. The molecular formula is C24H17F3N4. The summed E-state index contributed by atoms with van der Waals surface area (Å²) in [6, 6.07) is 13.0. The Labute approximate surface area is 176 Å². The summed E-state index contributed by atoms with van der Waals surface area (Å²) in [5.74, 6) is 0.400. The van der Waals surface area contributed by atoms with Crippen molar-refractivity contribution in [3.05, 3.63) is 84.7 Å². The Hall–Kier alpha value is -3.61. The first kappa shape index (κ1) is 19.4. The average molecular weight is 418 g/mol. The van der Waals surface area contributed by atoms with Gasteiger partial charge in [-0.25, -0.2) is 9.97 Å². The van der Waals surface area contributed by atoms with Gasteiger partial charge in [-0.05, 0) is 60.4 Å². The molecule has 3 heterocycles. The van der Waals surface area contributed by atoms with Crippen LogP contribution in [-0.4, -0.2) is 19.9 Å². The summed E-state index contributed by atoms with van der Waals surface area (Å²) in [7, 11) is 0. The number of rotatable bonds is 4. The van der Waals surface area contributed by atoms with Crippen LogP contribution in [0, 0.1) is 0 Å². The maximum atomic E-state index is 12.9. The third-order valence-electron chi connectivity index (χ3n) is 5.30. The molecule has 0 aliphatic heterocycles. The number of aromatic nitrogens is 4. The molecule has 0 spiro atoms.